The Balaban J connectivity index is 2.14. The van der Waals surface area contributed by atoms with E-state index in [-0.39, 0.29) is 24.8 Å². The van der Waals surface area contributed by atoms with E-state index in [4.69, 9.17) is 4.74 Å². The molecule has 0 aliphatic carbocycles. The number of amides is 2. The van der Waals surface area contributed by atoms with Gasteiger partial charge < -0.3 is 9.64 Å². The van der Waals surface area contributed by atoms with Gasteiger partial charge >= 0.3 is 6.09 Å². The third kappa shape index (κ3) is 3.46. The SMILES string of the molecule is CCOC(=O)N1c2cc(C)c(C)cc2N(C(=O)c2ccccc2F)CC1CC. The van der Waals surface area contributed by atoms with Crippen LogP contribution in [0.3, 0.4) is 0 Å². The van der Waals surface area contributed by atoms with Gasteiger partial charge in [0, 0.05) is 6.54 Å². The number of hydrogen-bond donors (Lipinski definition) is 0. The molecular formula is C22H25FN2O3. The zero-order chi connectivity index (χ0) is 20.4. The summed E-state index contributed by atoms with van der Waals surface area (Å²) >= 11 is 0. The van der Waals surface area contributed by atoms with Crippen LogP contribution in [0.2, 0.25) is 0 Å². The summed E-state index contributed by atoms with van der Waals surface area (Å²) in [6.07, 6.45) is 0.198. The minimum atomic E-state index is -0.557. The zero-order valence-corrected chi connectivity index (χ0v) is 16.7. The molecule has 1 atom stereocenters. The highest BCUT2D eigenvalue weighted by Crippen LogP contribution is 2.39. The van der Waals surface area contributed by atoms with E-state index in [1.54, 1.807) is 28.9 Å². The maximum Gasteiger partial charge on any atom is 0.414 e. The quantitative estimate of drug-likeness (QED) is 0.760. The van der Waals surface area contributed by atoms with Crippen molar-refractivity contribution in [2.75, 3.05) is 23.0 Å². The van der Waals surface area contributed by atoms with E-state index < -0.39 is 17.8 Å². The van der Waals surface area contributed by atoms with Gasteiger partial charge in [0.05, 0.1) is 29.6 Å². The van der Waals surface area contributed by atoms with Crippen molar-refractivity contribution in [1.29, 1.82) is 0 Å². The van der Waals surface area contributed by atoms with Crippen LogP contribution >= 0.6 is 0 Å². The molecule has 6 heteroatoms. The van der Waals surface area contributed by atoms with Crippen molar-refractivity contribution in [2.24, 2.45) is 0 Å². The second-order valence-electron chi connectivity index (χ2n) is 6.95. The molecule has 1 aliphatic heterocycles. The first kappa shape index (κ1) is 19.9. The topological polar surface area (TPSA) is 49.9 Å². The van der Waals surface area contributed by atoms with Crippen molar-refractivity contribution in [3.63, 3.8) is 0 Å². The van der Waals surface area contributed by atoms with Crippen molar-refractivity contribution in [2.45, 2.75) is 40.2 Å². The van der Waals surface area contributed by atoms with E-state index >= 15 is 0 Å². The first-order valence-corrected chi connectivity index (χ1v) is 9.52. The molecule has 0 N–H and O–H groups in total. The minimum absolute atomic E-state index is 0.0196. The monoisotopic (exact) mass is 384 g/mol. The predicted octanol–water partition coefficient (Wildman–Crippen LogP) is 4.84. The van der Waals surface area contributed by atoms with Crippen LogP contribution in [0.1, 0.15) is 41.8 Å². The molecule has 0 bridgehead atoms. The van der Waals surface area contributed by atoms with Crippen LogP contribution in [0.5, 0.6) is 0 Å². The molecule has 2 aromatic carbocycles. The van der Waals surface area contributed by atoms with Crippen molar-refractivity contribution in [3.8, 4) is 0 Å². The van der Waals surface area contributed by atoms with E-state index in [0.717, 1.165) is 11.1 Å². The Morgan fingerprint density at radius 2 is 1.75 bits per heavy atom. The number of benzene rings is 2. The number of ether oxygens (including phenoxy) is 1. The van der Waals surface area contributed by atoms with Crippen LogP contribution in [-0.2, 0) is 4.74 Å². The van der Waals surface area contributed by atoms with Crippen LogP contribution in [-0.4, -0.2) is 31.2 Å². The molecule has 1 unspecified atom stereocenters. The smallest absolute Gasteiger partial charge is 0.414 e. The van der Waals surface area contributed by atoms with Gasteiger partial charge in [0.1, 0.15) is 5.82 Å². The average molecular weight is 384 g/mol. The van der Waals surface area contributed by atoms with Crippen LogP contribution in [0.25, 0.3) is 0 Å². The molecule has 1 heterocycles. The first-order valence-electron chi connectivity index (χ1n) is 9.52. The molecule has 5 nitrogen and oxygen atoms in total. The van der Waals surface area contributed by atoms with E-state index in [2.05, 4.69) is 0 Å². The molecular weight excluding hydrogens is 359 g/mol. The van der Waals surface area contributed by atoms with Gasteiger partial charge in [-0.05, 0) is 62.6 Å². The maximum absolute atomic E-state index is 14.3. The summed E-state index contributed by atoms with van der Waals surface area (Å²) < 4.78 is 19.5. The van der Waals surface area contributed by atoms with Crippen molar-refractivity contribution >= 4 is 23.4 Å². The molecule has 0 radical (unpaired) electrons. The highest BCUT2D eigenvalue weighted by Gasteiger charge is 2.38. The first-order chi connectivity index (χ1) is 13.4. The number of aryl methyl sites for hydroxylation is 2. The molecule has 0 aromatic heterocycles. The third-order valence-corrected chi connectivity index (χ3v) is 5.18. The second kappa shape index (κ2) is 8.00. The number of nitrogens with zero attached hydrogens (tertiary/aromatic N) is 2. The molecule has 3 rings (SSSR count). The highest BCUT2D eigenvalue weighted by molar-refractivity contribution is 6.10. The zero-order valence-electron chi connectivity index (χ0n) is 16.7. The second-order valence-corrected chi connectivity index (χ2v) is 6.95. The third-order valence-electron chi connectivity index (χ3n) is 5.18. The van der Waals surface area contributed by atoms with Crippen molar-refractivity contribution in [3.05, 3.63) is 58.9 Å². The van der Waals surface area contributed by atoms with Crippen molar-refractivity contribution in [1.82, 2.24) is 0 Å². The molecule has 28 heavy (non-hydrogen) atoms. The van der Waals surface area contributed by atoms with E-state index in [9.17, 15) is 14.0 Å². The molecule has 2 aromatic rings. The van der Waals surface area contributed by atoms with Crippen LogP contribution in [0.4, 0.5) is 20.6 Å². The van der Waals surface area contributed by atoms with Crippen LogP contribution in [0, 0.1) is 19.7 Å². The van der Waals surface area contributed by atoms with Gasteiger partial charge in [-0.1, -0.05) is 19.1 Å². The standard InChI is InChI=1S/C22H25FN2O3/c1-5-16-13-24(21(26)17-9-7-8-10-18(17)23)19-11-14(3)15(4)12-20(19)25(16)22(27)28-6-2/h7-12,16H,5-6,13H2,1-4H3. The predicted molar refractivity (Wildman–Crippen MR) is 108 cm³/mol. The normalized spacial score (nSPS) is 16.0. The van der Waals surface area contributed by atoms with Gasteiger partial charge in [0.2, 0.25) is 0 Å². The van der Waals surface area contributed by atoms with Gasteiger partial charge in [-0.3, -0.25) is 9.69 Å². The van der Waals surface area contributed by atoms with Crippen molar-refractivity contribution < 1.29 is 18.7 Å². The largest absolute Gasteiger partial charge is 0.449 e. The summed E-state index contributed by atoms with van der Waals surface area (Å²) in [5.41, 5.74) is 3.22. The fourth-order valence-corrected chi connectivity index (χ4v) is 3.51. The van der Waals surface area contributed by atoms with Gasteiger partial charge in [-0.25, -0.2) is 9.18 Å². The number of carbonyl (C=O) groups is 2. The van der Waals surface area contributed by atoms with Gasteiger partial charge in [0.15, 0.2) is 0 Å². The maximum atomic E-state index is 14.3. The Bertz CT molecular complexity index is 913. The number of carbonyl (C=O) groups excluding carboxylic acids is 2. The Labute approximate surface area is 164 Å². The molecule has 0 fully saturated rings. The summed E-state index contributed by atoms with van der Waals surface area (Å²) in [6.45, 7) is 8.16. The summed E-state index contributed by atoms with van der Waals surface area (Å²) in [7, 11) is 0. The lowest BCUT2D eigenvalue weighted by Gasteiger charge is -2.42. The number of anilines is 2. The molecule has 2 amide bonds. The summed E-state index contributed by atoms with van der Waals surface area (Å²) in [6, 6.07) is 9.47. The van der Waals surface area contributed by atoms with E-state index in [1.165, 1.54) is 12.1 Å². The van der Waals surface area contributed by atoms with Gasteiger partial charge in [-0.2, -0.15) is 0 Å². The number of rotatable bonds is 3. The van der Waals surface area contributed by atoms with Crippen LogP contribution < -0.4 is 9.80 Å². The lowest BCUT2D eigenvalue weighted by molar-refractivity contribution is 0.0977. The molecule has 0 saturated carbocycles. The van der Waals surface area contributed by atoms with Gasteiger partial charge in [-0.15, -0.1) is 0 Å². The molecule has 1 aliphatic rings. The lowest BCUT2D eigenvalue weighted by Crippen LogP contribution is -2.53. The molecule has 148 valence electrons. The average Bonchev–Trinajstić information content (AvgIpc) is 2.67. The van der Waals surface area contributed by atoms with E-state index in [0.29, 0.717) is 17.8 Å². The minimum Gasteiger partial charge on any atom is -0.449 e. The summed E-state index contributed by atoms with van der Waals surface area (Å²) in [4.78, 5) is 29.1. The fourth-order valence-electron chi connectivity index (χ4n) is 3.51. The lowest BCUT2D eigenvalue weighted by atomic mass is 9.99. The highest BCUT2D eigenvalue weighted by atomic mass is 19.1. The Morgan fingerprint density at radius 3 is 2.36 bits per heavy atom. The Morgan fingerprint density at radius 1 is 1.11 bits per heavy atom. The Kier molecular flexibility index (Phi) is 5.68. The van der Waals surface area contributed by atoms with Gasteiger partial charge in [0.25, 0.3) is 5.91 Å². The number of hydrogen-bond acceptors (Lipinski definition) is 3. The molecule has 0 saturated heterocycles. The Hall–Kier alpha value is -2.89. The van der Waals surface area contributed by atoms with E-state index in [1.807, 2.05) is 32.9 Å². The number of halogens is 1. The number of fused-ring (bicyclic) bond motifs is 1. The fraction of sp³-hybridized carbons (Fsp3) is 0.364. The molecule has 0 spiro atoms. The van der Waals surface area contributed by atoms with Crippen LogP contribution in [0.15, 0.2) is 36.4 Å². The summed E-state index contributed by atoms with van der Waals surface area (Å²) in [5.74, 6) is -0.969. The summed E-state index contributed by atoms with van der Waals surface area (Å²) in [5, 5.41) is 0.